The number of rotatable bonds is 8. The van der Waals surface area contributed by atoms with Crippen LogP contribution in [0.2, 0.25) is 0 Å². The van der Waals surface area contributed by atoms with Crippen molar-refractivity contribution >= 4 is 27.3 Å². The molecule has 1 saturated heterocycles. The van der Waals surface area contributed by atoms with Crippen LogP contribution in [0.3, 0.4) is 0 Å². The van der Waals surface area contributed by atoms with Crippen molar-refractivity contribution in [3.63, 3.8) is 0 Å². The first kappa shape index (κ1) is 22.5. The lowest BCUT2D eigenvalue weighted by Gasteiger charge is -2.26. The van der Waals surface area contributed by atoms with Gasteiger partial charge in [-0.15, -0.1) is 11.3 Å². The van der Waals surface area contributed by atoms with E-state index in [1.54, 1.807) is 53.8 Å². The smallest absolute Gasteiger partial charge is 0.251 e. The van der Waals surface area contributed by atoms with Crippen molar-refractivity contribution in [3.05, 3.63) is 82.0 Å². The highest BCUT2D eigenvalue weighted by molar-refractivity contribution is 7.89. The zero-order valence-corrected chi connectivity index (χ0v) is 19.0. The molecule has 1 amide bonds. The van der Waals surface area contributed by atoms with Crippen LogP contribution in [-0.2, 0) is 27.9 Å². The molecule has 168 valence electrons. The minimum absolute atomic E-state index is 0.225. The zero-order chi connectivity index (χ0) is 22.4. The molecule has 32 heavy (non-hydrogen) atoms. The summed E-state index contributed by atoms with van der Waals surface area (Å²) in [5, 5.41) is 4.86. The number of amides is 1. The van der Waals surface area contributed by atoms with Gasteiger partial charge >= 0.3 is 0 Å². The standard InChI is InChI=1S/C23H24N2O5S2/c26-23(19-3-1-4-20(15-19)30-17-21-5-2-14-31-21)24-16-18-6-8-22(9-7-18)32(27,28)25-10-12-29-13-11-25/h1-9,14-15H,10-13,16-17H2,(H,24,26). The van der Waals surface area contributed by atoms with Crippen molar-refractivity contribution in [1.82, 2.24) is 9.62 Å². The van der Waals surface area contributed by atoms with Crippen molar-refractivity contribution in [3.8, 4) is 5.75 Å². The van der Waals surface area contributed by atoms with E-state index in [0.29, 0.717) is 44.2 Å². The second-order valence-electron chi connectivity index (χ2n) is 7.24. The van der Waals surface area contributed by atoms with Gasteiger partial charge in [0.05, 0.1) is 18.1 Å². The van der Waals surface area contributed by atoms with Gasteiger partial charge in [-0.1, -0.05) is 24.3 Å². The van der Waals surface area contributed by atoms with Gasteiger partial charge in [0.25, 0.3) is 5.91 Å². The van der Waals surface area contributed by atoms with Crippen LogP contribution in [-0.4, -0.2) is 44.9 Å². The van der Waals surface area contributed by atoms with Gasteiger partial charge in [-0.2, -0.15) is 4.31 Å². The van der Waals surface area contributed by atoms with Crippen molar-refractivity contribution < 1.29 is 22.7 Å². The molecule has 0 bridgehead atoms. The molecule has 0 aliphatic carbocycles. The number of nitrogens with one attached hydrogen (secondary N) is 1. The number of carbonyl (C=O) groups is 1. The van der Waals surface area contributed by atoms with E-state index in [4.69, 9.17) is 9.47 Å². The monoisotopic (exact) mass is 472 g/mol. The molecule has 0 saturated carbocycles. The minimum Gasteiger partial charge on any atom is -0.488 e. The van der Waals surface area contributed by atoms with E-state index in [-0.39, 0.29) is 17.3 Å². The Labute approximate surface area is 191 Å². The average molecular weight is 473 g/mol. The Morgan fingerprint density at radius 2 is 1.84 bits per heavy atom. The first-order valence-corrected chi connectivity index (χ1v) is 12.5. The van der Waals surface area contributed by atoms with Crippen LogP contribution in [0, 0.1) is 0 Å². The number of carbonyl (C=O) groups excluding carboxylic acids is 1. The van der Waals surface area contributed by atoms with E-state index in [2.05, 4.69) is 5.32 Å². The predicted molar refractivity (Wildman–Crippen MR) is 122 cm³/mol. The molecule has 7 nitrogen and oxygen atoms in total. The molecule has 0 spiro atoms. The molecular weight excluding hydrogens is 448 g/mol. The van der Waals surface area contributed by atoms with E-state index in [1.807, 2.05) is 23.6 Å². The molecule has 0 atom stereocenters. The van der Waals surface area contributed by atoms with E-state index in [9.17, 15) is 13.2 Å². The van der Waals surface area contributed by atoms with E-state index in [0.717, 1.165) is 10.4 Å². The highest BCUT2D eigenvalue weighted by atomic mass is 32.2. The highest BCUT2D eigenvalue weighted by Gasteiger charge is 2.26. The summed E-state index contributed by atoms with van der Waals surface area (Å²) >= 11 is 1.62. The third kappa shape index (κ3) is 5.55. The van der Waals surface area contributed by atoms with Gasteiger partial charge < -0.3 is 14.8 Å². The Hall–Kier alpha value is -2.72. The van der Waals surface area contributed by atoms with Crippen molar-refractivity contribution in [2.45, 2.75) is 18.0 Å². The van der Waals surface area contributed by atoms with E-state index < -0.39 is 10.0 Å². The SMILES string of the molecule is O=C(NCc1ccc(S(=O)(=O)N2CCOCC2)cc1)c1cccc(OCc2cccs2)c1. The Morgan fingerprint density at radius 1 is 1.06 bits per heavy atom. The minimum atomic E-state index is -3.53. The molecule has 9 heteroatoms. The lowest BCUT2D eigenvalue weighted by Crippen LogP contribution is -2.40. The van der Waals surface area contributed by atoms with E-state index in [1.165, 1.54) is 4.31 Å². The summed E-state index contributed by atoms with van der Waals surface area (Å²) in [4.78, 5) is 13.9. The Kier molecular flexibility index (Phi) is 7.21. The van der Waals surface area contributed by atoms with Crippen LogP contribution < -0.4 is 10.1 Å². The fourth-order valence-electron chi connectivity index (χ4n) is 3.28. The lowest BCUT2D eigenvalue weighted by molar-refractivity contribution is 0.0730. The number of thiophene rings is 1. The summed E-state index contributed by atoms with van der Waals surface area (Å²) in [5.74, 6) is 0.403. The number of sulfonamides is 1. The second kappa shape index (κ2) is 10.3. The van der Waals surface area contributed by atoms with Crippen LogP contribution in [0.4, 0.5) is 0 Å². The molecule has 0 unspecified atom stereocenters. The summed E-state index contributed by atoms with van der Waals surface area (Å²) in [6.45, 7) is 2.28. The van der Waals surface area contributed by atoms with Crippen LogP contribution in [0.25, 0.3) is 0 Å². The third-order valence-electron chi connectivity index (χ3n) is 5.04. The highest BCUT2D eigenvalue weighted by Crippen LogP contribution is 2.19. The number of morpholine rings is 1. The average Bonchev–Trinajstić information content (AvgIpc) is 3.36. The van der Waals surface area contributed by atoms with Crippen molar-refractivity contribution in [2.75, 3.05) is 26.3 Å². The van der Waals surface area contributed by atoms with Crippen LogP contribution >= 0.6 is 11.3 Å². The van der Waals surface area contributed by atoms with Crippen molar-refractivity contribution in [2.24, 2.45) is 0 Å². The second-order valence-corrected chi connectivity index (χ2v) is 10.2. The molecule has 2 heterocycles. The number of nitrogens with zero attached hydrogens (tertiary/aromatic N) is 1. The molecule has 4 rings (SSSR count). The molecule has 1 fully saturated rings. The number of hydrogen-bond donors (Lipinski definition) is 1. The summed E-state index contributed by atoms with van der Waals surface area (Å²) in [6, 6.07) is 17.6. The summed E-state index contributed by atoms with van der Waals surface area (Å²) in [5.41, 5.74) is 1.31. The molecule has 1 aromatic heterocycles. The summed E-state index contributed by atoms with van der Waals surface area (Å²) < 4.78 is 37.8. The molecule has 2 aromatic carbocycles. The van der Waals surface area contributed by atoms with Gasteiger partial charge in [-0.3, -0.25) is 4.79 Å². The maximum Gasteiger partial charge on any atom is 0.251 e. The van der Waals surface area contributed by atoms with Gasteiger partial charge in [0.15, 0.2) is 0 Å². The lowest BCUT2D eigenvalue weighted by atomic mass is 10.2. The maximum absolute atomic E-state index is 12.7. The first-order valence-electron chi connectivity index (χ1n) is 10.2. The van der Waals surface area contributed by atoms with Gasteiger partial charge in [0, 0.05) is 30.1 Å². The summed E-state index contributed by atoms with van der Waals surface area (Å²) in [6.07, 6.45) is 0. The van der Waals surface area contributed by atoms with Crippen LogP contribution in [0.1, 0.15) is 20.8 Å². The topological polar surface area (TPSA) is 84.9 Å². The quantitative estimate of drug-likeness (QED) is 0.544. The van der Waals surface area contributed by atoms with Gasteiger partial charge in [-0.05, 0) is 47.3 Å². The number of benzene rings is 2. The van der Waals surface area contributed by atoms with Crippen molar-refractivity contribution in [1.29, 1.82) is 0 Å². The largest absolute Gasteiger partial charge is 0.488 e. The molecule has 3 aromatic rings. The van der Waals surface area contributed by atoms with E-state index >= 15 is 0 Å². The molecular formula is C23H24N2O5S2. The Bertz CT molecular complexity index is 1140. The number of hydrogen-bond acceptors (Lipinski definition) is 6. The Balaban J connectivity index is 1.33. The third-order valence-corrected chi connectivity index (χ3v) is 7.80. The maximum atomic E-state index is 12.7. The molecule has 1 N–H and O–H groups in total. The van der Waals surface area contributed by atoms with Gasteiger partial charge in [-0.25, -0.2) is 8.42 Å². The van der Waals surface area contributed by atoms with Gasteiger partial charge in [0.2, 0.25) is 10.0 Å². The Morgan fingerprint density at radius 3 is 2.56 bits per heavy atom. The first-order chi connectivity index (χ1) is 15.5. The fraction of sp³-hybridized carbons (Fsp3) is 0.261. The van der Waals surface area contributed by atoms with Crippen LogP contribution in [0.15, 0.2) is 70.9 Å². The zero-order valence-electron chi connectivity index (χ0n) is 17.4. The van der Waals surface area contributed by atoms with Gasteiger partial charge in [0.1, 0.15) is 12.4 Å². The molecule has 1 aliphatic heterocycles. The fourth-order valence-corrected chi connectivity index (χ4v) is 5.30. The predicted octanol–water partition coefficient (Wildman–Crippen LogP) is 3.28. The van der Waals surface area contributed by atoms with Crippen LogP contribution in [0.5, 0.6) is 5.75 Å². The number of ether oxygens (including phenoxy) is 2. The molecule has 1 aliphatic rings. The molecule has 0 radical (unpaired) electrons. The normalized spacial score (nSPS) is 14.8. The summed E-state index contributed by atoms with van der Waals surface area (Å²) in [7, 11) is -3.53.